The van der Waals surface area contributed by atoms with E-state index in [0.717, 1.165) is 0 Å². The summed E-state index contributed by atoms with van der Waals surface area (Å²) in [5.41, 5.74) is 1.49. The van der Waals surface area contributed by atoms with Crippen LogP contribution in [0.5, 0.6) is 0 Å². The molecule has 0 aliphatic heterocycles. The monoisotopic (exact) mass is 406 g/mol. The summed E-state index contributed by atoms with van der Waals surface area (Å²) in [6, 6.07) is 11.8. The van der Waals surface area contributed by atoms with Gasteiger partial charge in [0.1, 0.15) is 0 Å². The second-order valence-electron chi connectivity index (χ2n) is 5.64. The first-order chi connectivity index (χ1) is 13.0. The molecule has 2 aromatic carbocycles. The van der Waals surface area contributed by atoms with E-state index in [9.17, 15) is 9.59 Å². The van der Waals surface area contributed by atoms with Gasteiger partial charge in [-0.15, -0.1) is 0 Å². The van der Waals surface area contributed by atoms with Crippen molar-refractivity contribution in [1.82, 2.24) is 5.32 Å². The number of benzene rings is 2. The zero-order chi connectivity index (χ0) is 19.6. The molecule has 2 amide bonds. The van der Waals surface area contributed by atoms with E-state index in [1.54, 1.807) is 55.7 Å². The highest BCUT2D eigenvalue weighted by Crippen LogP contribution is 2.22. The Hall–Kier alpha value is -2.34. The Bertz CT molecular complexity index is 838. The Morgan fingerprint density at radius 1 is 1.15 bits per heavy atom. The summed E-state index contributed by atoms with van der Waals surface area (Å²) in [5.74, 6) is -0.632. The van der Waals surface area contributed by atoms with Crippen LogP contribution in [0.15, 0.2) is 48.5 Å². The predicted molar refractivity (Wildman–Crippen MR) is 109 cm³/mol. The molecule has 0 bridgehead atoms. The Labute approximate surface area is 168 Å². The second-order valence-corrected chi connectivity index (χ2v) is 6.48. The van der Waals surface area contributed by atoms with Gasteiger partial charge >= 0.3 is 0 Å². The maximum absolute atomic E-state index is 12.3. The number of amides is 2. The molecular weight excluding hydrogens is 387 g/mol. The van der Waals surface area contributed by atoms with Crippen LogP contribution in [0, 0.1) is 0 Å². The molecule has 0 spiro atoms. The van der Waals surface area contributed by atoms with Gasteiger partial charge < -0.3 is 15.4 Å². The molecule has 5 nitrogen and oxygen atoms in total. The third-order valence-corrected chi connectivity index (χ3v) is 4.18. The van der Waals surface area contributed by atoms with Gasteiger partial charge in [-0.05, 0) is 42.3 Å². The number of anilines is 1. The number of ether oxygens (including phenoxy) is 1. The lowest BCUT2D eigenvalue weighted by molar-refractivity contribution is -0.111. The van der Waals surface area contributed by atoms with Crippen molar-refractivity contribution in [2.75, 3.05) is 25.6 Å². The molecule has 27 heavy (non-hydrogen) atoms. The molecule has 2 N–H and O–H groups in total. The van der Waals surface area contributed by atoms with Crippen LogP contribution in [0.25, 0.3) is 6.08 Å². The largest absolute Gasteiger partial charge is 0.385 e. The molecule has 0 aliphatic rings. The fraction of sp³-hybridized carbons (Fsp3) is 0.200. The lowest BCUT2D eigenvalue weighted by atomic mass is 10.1. The van der Waals surface area contributed by atoms with E-state index in [2.05, 4.69) is 10.6 Å². The lowest BCUT2D eigenvalue weighted by Crippen LogP contribution is -2.26. The standard InChI is InChI=1S/C20H20Cl2N2O3/c1-27-12-4-11-23-20(26)16-5-2-3-6-18(16)24-19(25)10-8-14-7-9-15(21)13-17(14)22/h2-3,5-10,13H,4,11-12H2,1H3,(H,23,26)(H,24,25)/b10-8-. The van der Waals surface area contributed by atoms with Gasteiger partial charge in [0, 0.05) is 36.4 Å². The Kier molecular flexibility index (Phi) is 8.33. The van der Waals surface area contributed by atoms with Gasteiger partial charge in [0.15, 0.2) is 0 Å². The molecule has 0 saturated heterocycles. The highest BCUT2D eigenvalue weighted by Gasteiger charge is 2.11. The minimum absolute atomic E-state index is 0.258. The average molecular weight is 407 g/mol. The van der Waals surface area contributed by atoms with Crippen molar-refractivity contribution in [2.24, 2.45) is 0 Å². The molecule has 142 valence electrons. The summed E-state index contributed by atoms with van der Waals surface area (Å²) in [6.07, 6.45) is 3.64. The van der Waals surface area contributed by atoms with Crippen molar-refractivity contribution in [2.45, 2.75) is 6.42 Å². The van der Waals surface area contributed by atoms with Crippen molar-refractivity contribution in [3.05, 3.63) is 69.7 Å². The normalized spacial score (nSPS) is 10.8. The zero-order valence-electron chi connectivity index (χ0n) is 14.8. The molecule has 0 unspecified atom stereocenters. The van der Waals surface area contributed by atoms with Crippen LogP contribution in [-0.2, 0) is 9.53 Å². The maximum Gasteiger partial charge on any atom is 0.253 e. The third-order valence-electron chi connectivity index (χ3n) is 3.62. The molecule has 0 aromatic heterocycles. The van der Waals surface area contributed by atoms with E-state index < -0.39 is 0 Å². The fourth-order valence-corrected chi connectivity index (χ4v) is 2.75. The number of hydrogen-bond donors (Lipinski definition) is 2. The molecule has 0 atom stereocenters. The van der Waals surface area contributed by atoms with Crippen LogP contribution >= 0.6 is 23.2 Å². The molecular formula is C20H20Cl2N2O3. The van der Waals surface area contributed by atoms with Gasteiger partial charge in [0.2, 0.25) is 5.91 Å². The van der Waals surface area contributed by atoms with Crippen molar-refractivity contribution >= 4 is 46.8 Å². The summed E-state index contributed by atoms with van der Waals surface area (Å²) in [4.78, 5) is 24.5. The van der Waals surface area contributed by atoms with Crippen LogP contribution in [0.3, 0.4) is 0 Å². The molecule has 2 aromatic rings. The van der Waals surface area contributed by atoms with Crippen molar-refractivity contribution in [3.8, 4) is 0 Å². The summed E-state index contributed by atoms with van der Waals surface area (Å²) < 4.78 is 4.95. The third kappa shape index (κ3) is 6.71. The first kappa shape index (κ1) is 21.0. The highest BCUT2D eigenvalue weighted by molar-refractivity contribution is 6.35. The summed E-state index contributed by atoms with van der Waals surface area (Å²) >= 11 is 11.9. The van der Waals surface area contributed by atoms with Crippen molar-refractivity contribution < 1.29 is 14.3 Å². The van der Waals surface area contributed by atoms with Crippen molar-refractivity contribution in [1.29, 1.82) is 0 Å². The van der Waals surface area contributed by atoms with E-state index in [-0.39, 0.29) is 11.8 Å². The molecule has 0 fully saturated rings. The van der Waals surface area contributed by atoms with Crippen LogP contribution in [-0.4, -0.2) is 32.1 Å². The Morgan fingerprint density at radius 3 is 2.67 bits per heavy atom. The topological polar surface area (TPSA) is 67.4 Å². The zero-order valence-corrected chi connectivity index (χ0v) is 16.3. The number of halogens is 2. The number of methoxy groups -OCH3 is 1. The average Bonchev–Trinajstić information content (AvgIpc) is 2.65. The van der Waals surface area contributed by atoms with E-state index in [4.69, 9.17) is 27.9 Å². The van der Waals surface area contributed by atoms with E-state index in [1.807, 2.05) is 0 Å². The minimum Gasteiger partial charge on any atom is -0.385 e. The number of carbonyl (C=O) groups excluding carboxylic acids is 2. The number of nitrogens with one attached hydrogen (secondary N) is 2. The van der Waals surface area contributed by atoms with Crippen LogP contribution < -0.4 is 10.6 Å². The van der Waals surface area contributed by atoms with E-state index in [0.29, 0.717) is 46.4 Å². The van der Waals surface area contributed by atoms with Crippen molar-refractivity contribution in [3.63, 3.8) is 0 Å². The van der Waals surface area contributed by atoms with Crippen LogP contribution in [0.1, 0.15) is 22.3 Å². The Morgan fingerprint density at radius 2 is 1.93 bits per heavy atom. The Balaban J connectivity index is 2.03. The molecule has 0 aliphatic carbocycles. The van der Waals surface area contributed by atoms with Crippen LogP contribution in [0.2, 0.25) is 10.0 Å². The van der Waals surface area contributed by atoms with Gasteiger partial charge in [-0.3, -0.25) is 9.59 Å². The summed E-state index contributed by atoms with van der Waals surface area (Å²) in [7, 11) is 1.61. The summed E-state index contributed by atoms with van der Waals surface area (Å²) in [5, 5.41) is 6.48. The maximum atomic E-state index is 12.3. The van der Waals surface area contributed by atoms with Crippen LogP contribution in [0.4, 0.5) is 5.69 Å². The number of para-hydroxylation sites is 1. The highest BCUT2D eigenvalue weighted by atomic mass is 35.5. The molecule has 0 radical (unpaired) electrons. The number of rotatable bonds is 8. The molecule has 0 saturated carbocycles. The van der Waals surface area contributed by atoms with Gasteiger partial charge in [0.05, 0.1) is 11.3 Å². The predicted octanol–water partition coefficient (Wildman–Crippen LogP) is 4.41. The number of carbonyl (C=O) groups is 2. The first-order valence-corrected chi connectivity index (χ1v) is 9.07. The van der Waals surface area contributed by atoms with E-state index >= 15 is 0 Å². The van der Waals surface area contributed by atoms with Gasteiger partial charge in [0.25, 0.3) is 5.91 Å². The van der Waals surface area contributed by atoms with Gasteiger partial charge in [-0.1, -0.05) is 41.4 Å². The lowest BCUT2D eigenvalue weighted by Gasteiger charge is -2.10. The van der Waals surface area contributed by atoms with Gasteiger partial charge in [-0.25, -0.2) is 0 Å². The quantitative estimate of drug-likeness (QED) is 0.503. The summed E-state index contributed by atoms with van der Waals surface area (Å²) in [6.45, 7) is 1.06. The SMILES string of the molecule is COCCCNC(=O)c1ccccc1NC(=O)/C=C\c1ccc(Cl)cc1Cl. The molecule has 2 rings (SSSR count). The molecule has 7 heteroatoms. The fourth-order valence-electron chi connectivity index (χ4n) is 2.28. The van der Waals surface area contributed by atoms with E-state index in [1.165, 1.54) is 6.08 Å². The number of hydrogen-bond acceptors (Lipinski definition) is 3. The first-order valence-electron chi connectivity index (χ1n) is 8.31. The molecule has 0 heterocycles. The minimum atomic E-state index is -0.374. The van der Waals surface area contributed by atoms with Gasteiger partial charge in [-0.2, -0.15) is 0 Å². The second kappa shape index (κ2) is 10.7. The smallest absolute Gasteiger partial charge is 0.253 e.